The summed E-state index contributed by atoms with van der Waals surface area (Å²) in [5.74, 6) is 0.543. The molecule has 1 aliphatic rings. The fraction of sp³-hybridized carbons (Fsp3) is 0.500. The molecule has 1 saturated heterocycles. The molecule has 1 amide bonds. The van der Waals surface area contributed by atoms with Crippen LogP contribution in [0.25, 0.3) is 0 Å². The number of carbonyl (C=O) groups is 1. The van der Waals surface area contributed by atoms with Crippen molar-refractivity contribution in [3.05, 3.63) is 24.1 Å². The molecular formula is C12H16N6O4S. The second-order valence-corrected chi connectivity index (χ2v) is 7.05. The maximum atomic E-state index is 12.1. The Labute approximate surface area is 132 Å². The monoisotopic (exact) mass is 340 g/mol. The van der Waals surface area contributed by atoms with Crippen molar-refractivity contribution in [1.82, 2.24) is 29.5 Å². The first-order valence-corrected chi connectivity index (χ1v) is 8.41. The number of nitrogens with zero attached hydrogens (tertiary/aromatic N) is 5. The molecule has 1 N–H and O–H groups in total. The summed E-state index contributed by atoms with van der Waals surface area (Å²) in [7, 11) is -0.382. The fourth-order valence-corrected chi connectivity index (χ4v) is 3.31. The van der Waals surface area contributed by atoms with E-state index in [1.54, 1.807) is 19.0 Å². The van der Waals surface area contributed by atoms with E-state index in [2.05, 4.69) is 20.0 Å². The van der Waals surface area contributed by atoms with Gasteiger partial charge in [0.15, 0.2) is 5.82 Å². The standard InChI is InChI=1S/C12H16N6O4S/c1-17-7-8(5-13-17)23(20,21)14-6-10-15-12(22-16-10)9-3-4-11(19)18(9)2/h5,7,9,14H,3-4,6H2,1-2H3/t9-/m0/s1. The summed E-state index contributed by atoms with van der Waals surface area (Å²) in [5, 5.41) is 7.57. The van der Waals surface area contributed by atoms with Crippen LogP contribution in [0, 0.1) is 0 Å². The maximum Gasteiger partial charge on any atom is 0.249 e. The average molecular weight is 340 g/mol. The van der Waals surface area contributed by atoms with Crippen molar-refractivity contribution in [2.45, 2.75) is 30.3 Å². The number of amides is 1. The van der Waals surface area contributed by atoms with Gasteiger partial charge in [-0.15, -0.1) is 0 Å². The van der Waals surface area contributed by atoms with Crippen molar-refractivity contribution in [3.8, 4) is 0 Å². The molecule has 0 aromatic carbocycles. The number of rotatable bonds is 5. The third kappa shape index (κ3) is 3.10. The number of hydrogen-bond acceptors (Lipinski definition) is 7. The fourth-order valence-electron chi connectivity index (χ4n) is 2.35. The molecular weight excluding hydrogens is 324 g/mol. The van der Waals surface area contributed by atoms with Gasteiger partial charge in [-0.25, -0.2) is 13.1 Å². The molecule has 0 radical (unpaired) electrons. The van der Waals surface area contributed by atoms with Gasteiger partial charge in [-0.3, -0.25) is 9.48 Å². The quantitative estimate of drug-likeness (QED) is 0.783. The highest BCUT2D eigenvalue weighted by Gasteiger charge is 2.33. The Morgan fingerprint density at radius 2 is 2.22 bits per heavy atom. The number of hydrogen-bond donors (Lipinski definition) is 1. The van der Waals surface area contributed by atoms with Crippen LogP contribution in [0.15, 0.2) is 21.8 Å². The summed E-state index contributed by atoms with van der Waals surface area (Å²) < 4.78 is 33.1. The summed E-state index contributed by atoms with van der Waals surface area (Å²) in [5.41, 5.74) is 0. The SMILES string of the molecule is CN1C(=O)CC[C@H]1c1nc(CNS(=O)(=O)c2cnn(C)c2)no1. The Morgan fingerprint density at radius 3 is 2.83 bits per heavy atom. The van der Waals surface area contributed by atoms with Gasteiger partial charge in [-0.05, 0) is 6.42 Å². The van der Waals surface area contributed by atoms with Crippen LogP contribution < -0.4 is 4.72 Å². The second-order valence-electron chi connectivity index (χ2n) is 5.28. The minimum Gasteiger partial charge on any atom is -0.337 e. The molecule has 0 saturated carbocycles. The van der Waals surface area contributed by atoms with E-state index in [9.17, 15) is 13.2 Å². The Kier molecular flexibility index (Phi) is 3.90. The lowest BCUT2D eigenvalue weighted by Gasteiger charge is -2.14. The van der Waals surface area contributed by atoms with Crippen LogP contribution in [0.4, 0.5) is 0 Å². The van der Waals surface area contributed by atoms with Gasteiger partial charge in [0.25, 0.3) is 0 Å². The van der Waals surface area contributed by atoms with E-state index in [1.165, 1.54) is 17.1 Å². The van der Waals surface area contributed by atoms with Crippen LogP contribution in [-0.2, 0) is 28.4 Å². The highest BCUT2D eigenvalue weighted by atomic mass is 32.2. The summed E-state index contributed by atoms with van der Waals surface area (Å²) in [4.78, 5) is 17.3. The zero-order chi connectivity index (χ0) is 16.6. The largest absolute Gasteiger partial charge is 0.337 e. The molecule has 0 bridgehead atoms. The molecule has 10 nitrogen and oxygen atoms in total. The van der Waals surface area contributed by atoms with Gasteiger partial charge < -0.3 is 9.42 Å². The first-order valence-electron chi connectivity index (χ1n) is 6.93. The van der Waals surface area contributed by atoms with Crippen LogP contribution in [-0.4, -0.2) is 46.2 Å². The lowest BCUT2D eigenvalue weighted by molar-refractivity contribution is -0.127. The number of likely N-dealkylation sites (tertiary alicyclic amines) is 1. The molecule has 1 aliphatic heterocycles. The smallest absolute Gasteiger partial charge is 0.249 e. The number of carbonyl (C=O) groups excluding carboxylic acids is 1. The number of aromatic nitrogens is 4. The van der Waals surface area contributed by atoms with Crippen LogP contribution in [0.2, 0.25) is 0 Å². The minimum atomic E-state index is -3.69. The zero-order valence-electron chi connectivity index (χ0n) is 12.6. The van der Waals surface area contributed by atoms with Crippen LogP contribution in [0.3, 0.4) is 0 Å². The van der Waals surface area contributed by atoms with E-state index in [-0.39, 0.29) is 29.2 Å². The molecule has 2 aromatic rings. The van der Waals surface area contributed by atoms with Crippen LogP contribution in [0.5, 0.6) is 0 Å². The van der Waals surface area contributed by atoms with E-state index >= 15 is 0 Å². The molecule has 1 fully saturated rings. The molecule has 3 rings (SSSR count). The van der Waals surface area contributed by atoms with E-state index in [0.717, 1.165) is 0 Å². The molecule has 2 aromatic heterocycles. The van der Waals surface area contributed by atoms with Gasteiger partial charge in [-0.2, -0.15) is 10.1 Å². The van der Waals surface area contributed by atoms with Crippen molar-refractivity contribution in [3.63, 3.8) is 0 Å². The Hall–Kier alpha value is -2.27. The van der Waals surface area contributed by atoms with Crippen molar-refractivity contribution in [2.24, 2.45) is 7.05 Å². The molecule has 23 heavy (non-hydrogen) atoms. The molecule has 0 aliphatic carbocycles. The molecule has 3 heterocycles. The first kappa shape index (κ1) is 15.6. The predicted molar refractivity (Wildman–Crippen MR) is 76.3 cm³/mol. The van der Waals surface area contributed by atoms with Crippen LogP contribution >= 0.6 is 0 Å². The third-order valence-corrected chi connectivity index (χ3v) is 5.03. The third-order valence-electron chi connectivity index (χ3n) is 3.67. The number of aryl methyl sites for hydroxylation is 1. The van der Waals surface area contributed by atoms with Crippen molar-refractivity contribution in [1.29, 1.82) is 0 Å². The van der Waals surface area contributed by atoms with E-state index in [4.69, 9.17) is 4.52 Å². The second kappa shape index (κ2) is 5.74. The molecule has 11 heteroatoms. The summed E-state index contributed by atoms with van der Waals surface area (Å²) in [6.07, 6.45) is 3.69. The van der Waals surface area contributed by atoms with Crippen LogP contribution in [0.1, 0.15) is 30.6 Å². The van der Waals surface area contributed by atoms with Gasteiger partial charge in [0.1, 0.15) is 10.9 Å². The highest BCUT2D eigenvalue weighted by molar-refractivity contribution is 7.89. The topological polar surface area (TPSA) is 123 Å². The molecule has 0 spiro atoms. The van der Waals surface area contributed by atoms with E-state index < -0.39 is 10.0 Å². The Morgan fingerprint density at radius 1 is 1.43 bits per heavy atom. The summed E-state index contributed by atoms with van der Waals surface area (Å²) >= 11 is 0. The van der Waals surface area contributed by atoms with Gasteiger partial charge >= 0.3 is 0 Å². The van der Waals surface area contributed by atoms with E-state index in [0.29, 0.717) is 18.7 Å². The van der Waals surface area contributed by atoms with Crippen molar-refractivity contribution < 1.29 is 17.7 Å². The van der Waals surface area contributed by atoms with Gasteiger partial charge in [-0.1, -0.05) is 5.16 Å². The highest BCUT2D eigenvalue weighted by Crippen LogP contribution is 2.29. The van der Waals surface area contributed by atoms with Crippen molar-refractivity contribution >= 4 is 15.9 Å². The lowest BCUT2D eigenvalue weighted by atomic mass is 10.2. The molecule has 0 unspecified atom stereocenters. The lowest BCUT2D eigenvalue weighted by Crippen LogP contribution is -2.24. The zero-order valence-corrected chi connectivity index (χ0v) is 13.4. The van der Waals surface area contributed by atoms with Crippen molar-refractivity contribution in [2.75, 3.05) is 7.05 Å². The Balaban J connectivity index is 1.67. The maximum absolute atomic E-state index is 12.1. The molecule has 124 valence electrons. The Bertz CT molecular complexity index is 826. The number of sulfonamides is 1. The average Bonchev–Trinajstić information content (AvgIpc) is 3.20. The summed E-state index contributed by atoms with van der Waals surface area (Å²) in [6, 6.07) is -0.251. The predicted octanol–water partition coefficient (Wildman–Crippen LogP) is -0.425. The molecule has 1 atom stereocenters. The number of nitrogens with one attached hydrogen (secondary N) is 1. The minimum absolute atomic E-state index is 0.0204. The normalized spacial score (nSPS) is 18.8. The van der Waals surface area contributed by atoms with Gasteiger partial charge in [0.2, 0.25) is 21.8 Å². The van der Waals surface area contributed by atoms with Gasteiger partial charge in [0.05, 0.1) is 12.7 Å². The first-order chi connectivity index (χ1) is 10.9. The van der Waals surface area contributed by atoms with E-state index in [1.807, 2.05) is 0 Å². The van der Waals surface area contributed by atoms with Gasteiger partial charge in [0, 0.05) is 26.7 Å². The summed E-state index contributed by atoms with van der Waals surface area (Å²) in [6.45, 7) is -0.106.